The molecule has 0 radical (unpaired) electrons. The summed E-state index contributed by atoms with van der Waals surface area (Å²) in [5.41, 5.74) is 2.13. The lowest BCUT2D eigenvalue weighted by Gasteiger charge is -2.15. The van der Waals surface area contributed by atoms with Crippen LogP contribution in [-0.2, 0) is 6.42 Å². The van der Waals surface area contributed by atoms with Crippen LogP contribution in [0, 0.1) is 0 Å². The zero-order valence-electron chi connectivity index (χ0n) is 10.1. The Kier molecular flexibility index (Phi) is 4.87. The Labute approximate surface area is 120 Å². The number of aliphatic hydroxyl groups excluding tert-OH is 1. The molecule has 1 nitrogen and oxygen atoms in total. The van der Waals surface area contributed by atoms with E-state index in [0.717, 1.165) is 20.5 Å². The van der Waals surface area contributed by atoms with Crippen molar-refractivity contribution < 1.29 is 5.11 Å². The van der Waals surface area contributed by atoms with Crippen molar-refractivity contribution >= 4 is 27.7 Å². The highest BCUT2D eigenvalue weighted by atomic mass is 79.9. The Morgan fingerprint density at radius 1 is 1.11 bits per heavy atom. The molecule has 0 spiro atoms. The van der Waals surface area contributed by atoms with E-state index in [4.69, 9.17) is 0 Å². The van der Waals surface area contributed by atoms with Crippen molar-refractivity contribution in [3.8, 4) is 0 Å². The molecule has 94 valence electrons. The molecule has 1 N–H and O–H groups in total. The number of benzene rings is 2. The minimum absolute atomic E-state index is 0.465. The van der Waals surface area contributed by atoms with Crippen LogP contribution in [0.3, 0.4) is 0 Å². The quantitative estimate of drug-likeness (QED) is 0.839. The summed E-state index contributed by atoms with van der Waals surface area (Å²) >= 11 is 5.18. The minimum Gasteiger partial charge on any atom is -0.388 e. The molecule has 0 saturated carbocycles. The van der Waals surface area contributed by atoms with Crippen LogP contribution in [0.15, 0.2) is 57.9 Å². The Hall–Kier alpha value is -0.770. The highest BCUT2D eigenvalue weighted by Gasteiger charge is 2.13. The van der Waals surface area contributed by atoms with Gasteiger partial charge in [-0.1, -0.05) is 52.3 Å². The molecule has 0 aliphatic heterocycles. The van der Waals surface area contributed by atoms with Gasteiger partial charge in [-0.25, -0.2) is 0 Å². The van der Waals surface area contributed by atoms with E-state index in [2.05, 4.69) is 15.9 Å². The van der Waals surface area contributed by atoms with Crippen LogP contribution < -0.4 is 0 Å². The van der Waals surface area contributed by atoms with Crippen LogP contribution >= 0.6 is 27.7 Å². The summed E-state index contributed by atoms with van der Waals surface area (Å²) in [6, 6.07) is 16.0. The third-order valence-electron chi connectivity index (χ3n) is 2.87. The summed E-state index contributed by atoms with van der Waals surface area (Å²) in [7, 11) is 0. The summed E-state index contributed by atoms with van der Waals surface area (Å²) in [5, 5.41) is 10.4. The van der Waals surface area contributed by atoms with Gasteiger partial charge in [0, 0.05) is 15.8 Å². The van der Waals surface area contributed by atoms with Crippen molar-refractivity contribution in [2.24, 2.45) is 0 Å². The van der Waals surface area contributed by atoms with Crippen molar-refractivity contribution in [3.05, 3.63) is 64.1 Å². The van der Waals surface area contributed by atoms with Crippen molar-refractivity contribution in [1.82, 2.24) is 0 Å². The van der Waals surface area contributed by atoms with E-state index in [1.165, 1.54) is 0 Å². The second kappa shape index (κ2) is 6.41. The maximum absolute atomic E-state index is 10.4. The first-order valence-corrected chi connectivity index (χ1v) is 7.78. The third-order valence-corrected chi connectivity index (χ3v) is 4.45. The number of aliphatic hydroxyl groups is 1. The first-order valence-electron chi connectivity index (χ1n) is 5.76. The molecule has 0 aliphatic carbocycles. The molecule has 0 aliphatic rings. The fourth-order valence-corrected chi connectivity index (χ4v) is 3.02. The zero-order chi connectivity index (χ0) is 13.0. The summed E-state index contributed by atoms with van der Waals surface area (Å²) in [6.45, 7) is 0. The SMILES string of the molecule is CSc1ccccc1C(O)Cc1ccccc1Br. The topological polar surface area (TPSA) is 20.2 Å². The smallest absolute Gasteiger partial charge is 0.0841 e. The Bertz CT molecular complexity index is 527. The molecule has 2 aromatic carbocycles. The van der Waals surface area contributed by atoms with E-state index >= 15 is 0 Å². The molecule has 2 rings (SSSR count). The molecular weight excluding hydrogens is 308 g/mol. The lowest BCUT2D eigenvalue weighted by atomic mass is 10.0. The Morgan fingerprint density at radius 3 is 2.50 bits per heavy atom. The predicted octanol–water partition coefficient (Wildman–Crippen LogP) is 4.45. The molecule has 0 fully saturated rings. The maximum atomic E-state index is 10.4. The van der Waals surface area contributed by atoms with Crippen LogP contribution in [0.1, 0.15) is 17.2 Å². The van der Waals surface area contributed by atoms with E-state index in [-0.39, 0.29) is 0 Å². The summed E-state index contributed by atoms with van der Waals surface area (Å²) in [6.07, 6.45) is 2.19. The van der Waals surface area contributed by atoms with Crippen LogP contribution in [0.4, 0.5) is 0 Å². The Morgan fingerprint density at radius 2 is 1.78 bits per heavy atom. The van der Waals surface area contributed by atoms with Gasteiger partial charge in [-0.05, 0) is 29.5 Å². The average molecular weight is 323 g/mol. The standard InChI is InChI=1S/C15H15BrOS/c1-18-15-9-5-3-7-12(15)14(17)10-11-6-2-4-8-13(11)16/h2-9,14,17H,10H2,1H3. The maximum Gasteiger partial charge on any atom is 0.0841 e. The lowest BCUT2D eigenvalue weighted by Crippen LogP contribution is -2.03. The highest BCUT2D eigenvalue weighted by Crippen LogP contribution is 2.29. The predicted molar refractivity (Wildman–Crippen MR) is 81.0 cm³/mol. The third kappa shape index (κ3) is 3.16. The van der Waals surface area contributed by atoms with Gasteiger partial charge in [-0.3, -0.25) is 0 Å². The monoisotopic (exact) mass is 322 g/mol. The van der Waals surface area contributed by atoms with Crippen molar-refractivity contribution in [3.63, 3.8) is 0 Å². The summed E-state index contributed by atoms with van der Waals surface area (Å²) in [4.78, 5) is 1.14. The van der Waals surface area contributed by atoms with Gasteiger partial charge in [0.15, 0.2) is 0 Å². The summed E-state index contributed by atoms with van der Waals surface area (Å²) < 4.78 is 1.05. The molecule has 0 bridgehead atoms. The van der Waals surface area contributed by atoms with Gasteiger partial charge in [-0.2, -0.15) is 0 Å². The zero-order valence-corrected chi connectivity index (χ0v) is 12.5. The molecule has 18 heavy (non-hydrogen) atoms. The van der Waals surface area contributed by atoms with Crippen LogP contribution in [0.25, 0.3) is 0 Å². The molecule has 0 saturated heterocycles. The molecule has 0 heterocycles. The van der Waals surface area contributed by atoms with Gasteiger partial charge < -0.3 is 5.11 Å². The second-order valence-electron chi connectivity index (χ2n) is 4.05. The van der Waals surface area contributed by atoms with E-state index < -0.39 is 6.10 Å². The molecular formula is C15H15BrOS. The average Bonchev–Trinajstić information content (AvgIpc) is 2.41. The first-order chi connectivity index (χ1) is 8.72. The minimum atomic E-state index is -0.465. The van der Waals surface area contributed by atoms with Crippen LogP contribution in [0.2, 0.25) is 0 Å². The number of hydrogen-bond acceptors (Lipinski definition) is 2. The normalized spacial score (nSPS) is 12.4. The van der Waals surface area contributed by atoms with E-state index in [0.29, 0.717) is 6.42 Å². The fraction of sp³-hybridized carbons (Fsp3) is 0.200. The molecule has 0 amide bonds. The fourth-order valence-electron chi connectivity index (χ4n) is 1.92. The van der Waals surface area contributed by atoms with Gasteiger partial charge in [0.25, 0.3) is 0 Å². The van der Waals surface area contributed by atoms with Gasteiger partial charge >= 0.3 is 0 Å². The molecule has 0 aromatic heterocycles. The van der Waals surface area contributed by atoms with Crippen molar-refractivity contribution in [2.75, 3.05) is 6.26 Å². The molecule has 3 heteroatoms. The number of hydrogen-bond donors (Lipinski definition) is 1. The summed E-state index contributed by atoms with van der Waals surface area (Å²) in [5.74, 6) is 0. The molecule has 2 aromatic rings. The van der Waals surface area contributed by atoms with Gasteiger partial charge in [0.05, 0.1) is 6.10 Å². The van der Waals surface area contributed by atoms with Crippen molar-refractivity contribution in [2.45, 2.75) is 17.4 Å². The highest BCUT2D eigenvalue weighted by molar-refractivity contribution is 9.10. The van der Waals surface area contributed by atoms with E-state index in [9.17, 15) is 5.11 Å². The first kappa shape index (κ1) is 13.7. The van der Waals surface area contributed by atoms with Crippen LogP contribution in [-0.4, -0.2) is 11.4 Å². The van der Waals surface area contributed by atoms with Crippen LogP contribution in [0.5, 0.6) is 0 Å². The van der Waals surface area contributed by atoms with Crippen molar-refractivity contribution in [1.29, 1.82) is 0 Å². The van der Waals surface area contributed by atoms with E-state index in [1.807, 2.05) is 54.8 Å². The Balaban J connectivity index is 2.22. The number of rotatable bonds is 4. The number of halogens is 1. The molecule has 1 atom stereocenters. The number of thioether (sulfide) groups is 1. The van der Waals surface area contributed by atoms with E-state index in [1.54, 1.807) is 11.8 Å². The van der Waals surface area contributed by atoms with Gasteiger partial charge in [-0.15, -0.1) is 11.8 Å². The largest absolute Gasteiger partial charge is 0.388 e. The second-order valence-corrected chi connectivity index (χ2v) is 5.76. The van der Waals surface area contributed by atoms with Gasteiger partial charge in [0.1, 0.15) is 0 Å². The lowest BCUT2D eigenvalue weighted by molar-refractivity contribution is 0.175. The molecule has 1 unspecified atom stereocenters. The van der Waals surface area contributed by atoms with Gasteiger partial charge in [0.2, 0.25) is 0 Å².